The third-order valence-electron chi connectivity index (χ3n) is 4.43. The van der Waals surface area contributed by atoms with Crippen molar-refractivity contribution in [2.75, 3.05) is 32.7 Å². The van der Waals surface area contributed by atoms with Crippen LogP contribution in [0.1, 0.15) is 40.0 Å². The maximum atomic E-state index is 12.0. The van der Waals surface area contributed by atoms with Crippen LogP contribution in [0.25, 0.3) is 0 Å². The molecule has 3 nitrogen and oxygen atoms in total. The van der Waals surface area contributed by atoms with Crippen molar-refractivity contribution in [3.8, 4) is 0 Å². The minimum atomic E-state index is 0.149. The van der Waals surface area contributed by atoms with Crippen LogP contribution in [-0.4, -0.2) is 48.4 Å². The van der Waals surface area contributed by atoms with E-state index in [-0.39, 0.29) is 5.92 Å². The number of carbonyl (C=O) groups excluding carboxylic acids is 1. The standard InChI is InChI=1S/C14H26N2O/c1-4-15-8-5-6-14(10-15)7-9-16(11-14)13(17)12(2)3/h12H,4-11H2,1-3H3. The van der Waals surface area contributed by atoms with Gasteiger partial charge in [-0.05, 0) is 32.4 Å². The van der Waals surface area contributed by atoms with Crippen molar-refractivity contribution in [1.29, 1.82) is 0 Å². The fraction of sp³-hybridized carbons (Fsp3) is 0.929. The highest BCUT2D eigenvalue weighted by Gasteiger charge is 2.42. The Balaban J connectivity index is 1.98. The highest BCUT2D eigenvalue weighted by atomic mass is 16.2. The Kier molecular flexibility index (Phi) is 3.76. The molecule has 1 unspecified atom stereocenters. The van der Waals surface area contributed by atoms with Crippen LogP contribution in [0.15, 0.2) is 0 Å². The second kappa shape index (κ2) is 4.97. The quantitative estimate of drug-likeness (QED) is 0.734. The number of rotatable bonds is 2. The van der Waals surface area contributed by atoms with Crippen LogP contribution in [0.3, 0.4) is 0 Å². The van der Waals surface area contributed by atoms with Crippen molar-refractivity contribution >= 4 is 5.91 Å². The van der Waals surface area contributed by atoms with Gasteiger partial charge in [0.05, 0.1) is 0 Å². The van der Waals surface area contributed by atoms with E-state index < -0.39 is 0 Å². The molecule has 0 N–H and O–H groups in total. The molecule has 0 aromatic carbocycles. The second-order valence-electron chi connectivity index (χ2n) is 6.14. The molecule has 2 aliphatic rings. The van der Waals surface area contributed by atoms with Crippen LogP contribution >= 0.6 is 0 Å². The molecule has 0 saturated carbocycles. The number of nitrogens with zero attached hydrogens (tertiary/aromatic N) is 2. The number of amides is 1. The van der Waals surface area contributed by atoms with Gasteiger partial charge in [0.15, 0.2) is 0 Å². The average Bonchev–Trinajstić information content (AvgIpc) is 2.71. The first-order valence-corrected chi connectivity index (χ1v) is 7.07. The third kappa shape index (κ3) is 2.65. The third-order valence-corrected chi connectivity index (χ3v) is 4.43. The number of carbonyl (C=O) groups is 1. The van der Waals surface area contributed by atoms with Crippen molar-refractivity contribution < 1.29 is 4.79 Å². The largest absolute Gasteiger partial charge is 0.342 e. The molecule has 0 aliphatic carbocycles. The average molecular weight is 238 g/mol. The van der Waals surface area contributed by atoms with Crippen LogP contribution in [0.5, 0.6) is 0 Å². The van der Waals surface area contributed by atoms with Gasteiger partial charge in [-0.2, -0.15) is 0 Å². The molecular weight excluding hydrogens is 212 g/mol. The van der Waals surface area contributed by atoms with Gasteiger partial charge in [0.1, 0.15) is 0 Å². The first-order valence-electron chi connectivity index (χ1n) is 7.07. The van der Waals surface area contributed by atoms with Gasteiger partial charge < -0.3 is 9.80 Å². The van der Waals surface area contributed by atoms with E-state index in [0.717, 1.165) is 19.6 Å². The lowest BCUT2D eigenvalue weighted by atomic mass is 9.79. The Bertz CT molecular complexity index is 290. The molecule has 98 valence electrons. The van der Waals surface area contributed by atoms with E-state index in [1.807, 2.05) is 13.8 Å². The first kappa shape index (κ1) is 12.9. The summed E-state index contributed by atoms with van der Waals surface area (Å²) in [6.07, 6.45) is 3.82. The summed E-state index contributed by atoms with van der Waals surface area (Å²) in [4.78, 5) is 16.7. The molecule has 2 saturated heterocycles. The molecule has 0 bridgehead atoms. The number of hydrogen-bond donors (Lipinski definition) is 0. The Morgan fingerprint density at radius 3 is 2.65 bits per heavy atom. The van der Waals surface area contributed by atoms with E-state index in [4.69, 9.17) is 0 Å². The monoisotopic (exact) mass is 238 g/mol. The lowest BCUT2D eigenvalue weighted by molar-refractivity contribution is -0.133. The van der Waals surface area contributed by atoms with E-state index in [0.29, 0.717) is 11.3 Å². The molecule has 1 spiro atoms. The summed E-state index contributed by atoms with van der Waals surface area (Å²) in [6.45, 7) is 11.8. The summed E-state index contributed by atoms with van der Waals surface area (Å²) in [5, 5.41) is 0. The van der Waals surface area contributed by atoms with Gasteiger partial charge in [-0.25, -0.2) is 0 Å². The Morgan fingerprint density at radius 1 is 1.24 bits per heavy atom. The maximum Gasteiger partial charge on any atom is 0.225 e. The van der Waals surface area contributed by atoms with E-state index in [1.165, 1.54) is 32.4 Å². The van der Waals surface area contributed by atoms with E-state index in [9.17, 15) is 4.79 Å². The molecule has 0 aromatic heterocycles. The fourth-order valence-corrected chi connectivity index (χ4v) is 3.40. The molecule has 3 heteroatoms. The Labute approximate surface area is 105 Å². The zero-order chi connectivity index (χ0) is 12.5. The van der Waals surface area contributed by atoms with Gasteiger partial charge >= 0.3 is 0 Å². The van der Waals surface area contributed by atoms with Crippen molar-refractivity contribution in [1.82, 2.24) is 9.80 Å². The van der Waals surface area contributed by atoms with E-state index in [1.54, 1.807) is 0 Å². The molecule has 0 aromatic rings. The lowest BCUT2D eigenvalue weighted by Gasteiger charge is -2.40. The maximum absolute atomic E-state index is 12.0. The molecular formula is C14H26N2O. The summed E-state index contributed by atoms with van der Waals surface area (Å²) in [7, 11) is 0. The van der Waals surface area contributed by atoms with E-state index >= 15 is 0 Å². The molecule has 1 amide bonds. The summed E-state index contributed by atoms with van der Waals surface area (Å²) in [5.41, 5.74) is 0.415. The summed E-state index contributed by atoms with van der Waals surface area (Å²) < 4.78 is 0. The predicted molar refractivity (Wildman–Crippen MR) is 69.8 cm³/mol. The number of likely N-dealkylation sites (tertiary alicyclic amines) is 2. The zero-order valence-electron chi connectivity index (χ0n) is 11.5. The topological polar surface area (TPSA) is 23.6 Å². The van der Waals surface area contributed by atoms with Crippen molar-refractivity contribution in [2.24, 2.45) is 11.3 Å². The van der Waals surface area contributed by atoms with Crippen LogP contribution in [0.2, 0.25) is 0 Å². The van der Waals surface area contributed by atoms with Crippen molar-refractivity contribution in [3.63, 3.8) is 0 Å². The molecule has 1 atom stereocenters. The molecule has 2 heterocycles. The van der Waals surface area contributed by atoms with Crippen LogP contribution < -0.4 is 0 Å². The predicted octanol–water partition coefficient (Wildman–Crippen LogP) is 1.98. The molecule has 2 rings (SSSR count). The number of piperidine rings is 1. The van der Waals surface area contributed by atoms with Gasteiger partial charge in [0, 0.05) is 31.0 Å². The summed E-state index contributed by atoms with van der Waals surface area (Å²) >= 11 is 0. The van der Waals surface area contributed by atoms with Crippen LogP contribution in [0, 0.1) is 11.3 Å². The molecule has 2 aliphatic heterocycles. The lowest BCUT2D eigenvalue weighted by Crippen LogP contribution is -2.45. The molecule has 17 heavy (non-hydrogen) atoms. The smallest absolute Gasteiger partial charge is 0.225 e. The minimum absolute atomic E-state index is 0.149. The second-order valence-corrected chi connectivity index (χ2v) is 6.14. The SMILES string of the molecule is CCN1CCCC2(CCN(C(=O)C(C)C)C2)C1. The van der Waals surface area contributed by atoms with Gasteiger partial charge in [-0.15, -0.1) is 0 Å². The zero-order valence-corrected chi connectivity index (χ0v) is 11.5. The normalized spacial score (nSPS) is 30.5. The van der Waals surface area contributed by atoms with Gasteiger partial charge in [-0.1, -0.05) is 20.8 Å². The number of hydrogen-bond acceptors (Lipinski definition) is 2. The van der Waals surface area contributed by atoms with E-state index in [2.05, 4.69) is 16.7 Å². The van der Waals surface area contributed by atoms with Crippen LogP contribution in [-0.2, 0) is 4.79 Å². The molecule has 0 radical (unpaired) electrons. The van der Waals surface area contributed by atoms with Crippen molar-refractivity contribution in [2.45, 2.75) is 40.0 Å². The van der Waals surface area contributed by atoms with Gasteiger partial charge in [0.2, 0.25) is 5.91 Å². The fourth-order valence-electron chi connectivity index (χ4n) is 3.40. The highest BCUT2D eigenvalue weighted by Crippen LogP contribution is 2.39. The highest BCUT2D eigenvalue weighted by molar-refractivity contribution is 5.78. The van der Waals surface area contributed by atoms with Gasteiger partial charge in [0.25, 0.3) is 0 Å². The van der Waals surface area contributed by atoms with Crippen LogP contribution in [0.4, 0.5) is 0 Å². The summed E-state index contributed by atoms with van der Waals surface area (Å²) in [5.74, 6) is 0.492. The van der Waals surface area contributed by atoms with Gasteiger partial charge in [-0.3, -0.25) is 4.79 Å². The molecule has 2 fully saturated rings. The first-order chi connectivity index (χ1) is 8.06. The Hall–Kier alpha value is -0.570. The van der Waals surface area contributed by atoms with Crippen molar-refractivity contribution in [3.05, 3.63) is 0 Å². The summed E-state index contributed by atoms with van der Waals surface area (Å²) in [6, 6.07) is 0. The Morgan fingerprint density at radius 2 is 2.00 bits per heavy atom. The minimum Gasteiger partial charge on any atom is -0.342 e.